The Balaban J connectivity index is 3.32. The van der Waals surface area contributed by atoms with Crippen LogP contribution >= 0.6 is 12.6 Å². The predicted molar refractivity (Wildman–Crippen MR) is 67.4 cm³/mol. The number of hydrogen-bond acceptors (Lipinski definition) is 3. The van der Waals surface area contributed by atoms with Gasteiger partial charge in [-0.05, 0) is 39.4 Å². The van der Waals surface area contributed by atoms with Gasteiger partial charge >= 0.3 is 5.97 Å². The van der Waals surface area contributed by atoms with E-state index in [1.54, 1.807) is 0 Å². The van der Waals surface area contributed by atoms with E-state index in [2.05, 4.69) is 12.6 Å². The Kier molecular flexibility index (Phi) is 7.93. The zero-order chi connectivity index (χ0) is 11.7. The molecule has 0 spiro atoms. The lowest BCUT2D eigenvalue weighted by Gasteiger charge is -2.19. The van der Waals surface area contributed by atoms with Gasteiger partial charge in [-0.2, -0.15) is 12.6 Å². The summed E-state index contributed by atoms with van der Waals surface area (Å²) in [6.07, 6.45) is 6.21. The first-order valence-electron chi connectivity index (χ1n) is 5.78. The molecule has 0 aliphatic rings. The minimum Gasteiger partial charge on any atom is -0.460 e. The molecule has 0 saturated heterocycles. The number of unbranched alkanes of at least 4 members (excludes halogenated alkanes) is 4. The van der Waals surface area contributed by atoms with Gasteiger partial charge in [0, 0.05) is 6.42 Å². The van der Waals surface area contributed by atoms with Crippen molar-refractivity contribution in [1.82, 2.24) is 0 Å². The standard InChI is InChI=1S/C12H24O2S/c1-12(2,3)14-11(13)9-7-5-4-6-8-10-15/h15H,4-10H2,1-3H3. The van der Waals surface area contributed by atoms with E-state index in [-0.39, 0.29) is 11.6 Å². The first-order valence-corrected chi connectivity index (χ1v) is 6.41. The van der Waals surface area contributed by atoms with Crippen LogP contribution in [-0.2, 0) is 9.53 Å². The second-order valence-corrected chi connectivity index (χ2v) is 5.28. The van der Waals surface area contributed by atoms with Crippen LogP contribution in [-0.4, -0.2) is 17.3 Å². The van der Waals surface area contributed by atoms with Crippen LogP contribution in [0.1, 0.15) is 59.3 Å². The Morgan fingerprint density at radius 3 is 2.13 bits per heavy atom. The maximum Gasteiger partial charge on any atom is 0.306 e. The van der Waals surface area contributed by atoms with Crippen LogP contribution in [0.5, 0.6) is 0 Å². The van der Waals surface area contributed by atoms with Crippen LogP contribution in [0, 0.1) is 0 Å². The molecular weight excluding hydrogens is 208 g/mol. The molecule has 0 atom stereocenters. The van der Waals surface area contributed by atoms with Crippen LogP contribution in [0.15, 0.2) is 0 Å². The fourth-order valence-corrected chi connectivity index (χ4v) is 1.53. The van der Waals surface area contributed by atoms with E-state index in [0.29, 0.717) is 6.42 Å². The minimum absolute atomic E-state index is 0.0725. The van der Waals surface area contributed by atoms with Gasteiger partial charge in [-0.25, -0.2) is 0 Å². The normalized spacial score (nSPS) is 11.5. The van der Waals surface area contributed by atoms with Crippen LogP contribution in [0.4, 0.5) is 0 Å². The Morgan fingerprint density at radius 1 is 1.07 bits per heavy atom. The van der Waals surface area contributed by atoms with E-state index >= 15 is 0 Å². The maximum absolute atomic E-state index is 11.3. The average Bonchev–Trinajstić information content (AvgIpc) is 2.08. The Hall–Kier alpha value is -0.180. The van der Waals surface area contributed by atoms with Gasteiger partial charge in [0.25, 0.3) is 0 Å². The molecule has 0 rings (SSSR count). The predicted octanol–water partition coefficient (Wildman–Crippen LogP) is 3.60. The summed E-state index contributed by atoms with van der Waals surface area (Å²) in [4.78, 5) is 11.3. The first-order chi connectivity index (χ1) is 6.95. The van der Waals surface area contributed by atoms with Crippen LogP contribution in [0.25, 0.3) is 0 Å². The van der Waals surface area contributed by atoms with Crippen LogP contribution < -0.4 is 0 Å². The second kappa shape index (κ2) is 8.03. The summed E-state index contributed by atoms with van der Waals surface area (Å²) in [7, 11) is 0. The van der Waals surface area contributed by atoms with Crippen molar-refractivity contribution >= 4 is 18.6 Å². The van der Waals surface area contributed by atoms with E-state index < -0.39 is 0 Å². The van der Waals surface area contributed by atoms with Crippen LogP contribution in [0.3, 0.4) is 0 Å². The van der Waals surface area contributed by atoms with E-state index in [4.69, 9.17) is 4.74 Å². The molecule has 0 saturated carbocycles. The molecule has 15 heavy (non-hydrogen) atoms. The van der Waals surface area contributed by atoms with Gasteiger partial charge in [0.2, 0.25) is 0 Å². The molecule has 0 aliphatic carbocycles. The molecule has 0 radical (unpaired) electrons. The van der Waals surface area contributed by atoms with Crippen molar-refractivity contribution in [3.8, 4) is 0 Å². The van der Waals surface area contributed by atoms with Crippen molar-refractivity contribution < 1.29 is 9.53 Å². The zero-order valence-corrected chi connectivity index (χ0v) is 11.1. The van der Waals surface area contributed by atoms with E-state index in [9.17, 15) is 4.79 Å². The SMILES string of the molecule is CC(C)(C)OC(=O)CCCCCCCS. The summed E-state index contributed by atoms with van der Waals surface area (Å²) in [5, 5.41) is 0. The first kappa shape index (κ1) is 14.8. The molecule has 0 bridgehead atoms. The van der Waals surface area contributed by atoms with Gasteiger partial charge in [-0.15, -0.1) is 0 Å². The van der Waals surface area contributed by atoms with E-state index in [1.165, 1.54) is 19.3 Å². The highest BCUT2D eigenvalue weighted by Gasteiger charge is 2.15. The summed E-state index contributed by atoms with van der Waals surface area (Å²) in [6.45, 7) is 5.70. The van der Waals surface area contributed by atoms with E-state index in [0.717, 1.165) is 18.6 Å². The summed E-state index contributed by atoms with van der Waals surface area (Å²) in [6, 6.07) is 0. The average molecular weight is 232 g/mol. The molecular formula is C12H24O2S. The molecule has 0 heterocycles. The van der Waals surface area contributed by atoms with Crippen molar-refractivity contribution in [3.63, 3.8) is 0 Å². The molecule has 0 fully saturated rings. The summed E-state index contributed by atoms with van der Waals surface area (Å²) >= 11 is 4.15. The third-order valence-electron chi connectivity index (χ3n) is 1.96. The highest BCUT2D eigenvalue weighted by molar-refractivity contribution is 7.80. The minimum atomic E-state index is -0.344. The fraction of sp³-hybridized carbons (Fsp3) is 0.917. The fourth-order valence-electron chi connectivity index (χ4n) is 1.30. The van der Waals surface area contributed by atoms with Gasteiger partial charge in [-0.3, -0.25) is 4.79 Å². The highest BCUT2D eigenvalue weighted by atomic mass is 32.1. The quantitative estimate of drug-likeness (QED) is 0.412. The molecule has 3 heteroatoms. The van der Waals surface area contributed by atoms with Crippen molar-refractivity contribution in [3.05, 3.63) is 0 Å². The monoisotopic (exact) mass is 232 g/mol. The van der Waals surface area contributed by atoms with Crippen molar-refractivity contribution in [2.45, 2.75) is 64.9 Å². The summed E-state index contributed by atoms with van der Waals surface area (Å²) in [5.74, 6) is 0.892. The Labute approximate surface area is 99.2 Å². The number of thiol groups is 1. The van der Waals surface area contributed by atoms with Crippen LogP contribution in [0.2, 0.25) is 0 Å². The summed E-state index contributed by atoms with van der Waals surface area (Å²) in [5.41, 5.74) is -0.344. The Morgan fingerprint density at radius 2 is 1.60 bits per heavy atom. The van der Waals surface area contributed by atoms with Crippen molar-refractivity contribution in [1.29, 1.82) is 0 Å². The molecule has 0 N–H and O–H groups in total. The summed E-state index contributed by atoms with van der Waals surface area (Å²) < 4.78 is 5.21. The van der Waals surface area contributed by atoms with Crippen molar-refractivity contribution in [2.75, 3.05) is 5.75 Å². The number of hydrogen-bond donors (Lipinski definition) is 1. The number of rotatable bonds is 7. The number of carbonyl (C=O) groups excluding carboxylic acids is 1. The number of carbonyl (C=O) groups is 1. The zero-order valence-electron chi connectivity index (χ0n) is 10.2. The topological polar surface area (TPSA) is 26.3 Å². The Bertz CT molecular complexity index is 173. The van der Waals surface area contributed by atoms with Gasteiger partial charge in [0.15, 0.2) is 0 Å². The second-order valence-electron chi connectivity index (χ2n) is 4.83. The lowest BCUT2D eigenvalue weighted by Crippen LogP contribution is -2.23. The molecule has 90 valence electrons. The lowest BCUT2D eigenvalue weighted by molar-refractivity contribution is -0.154. The van der Waals surface area contributed by atoms with Gasteiger partial charge < -0.3 is 4.74 Å². The van der Waals surface area contributed by atoms with Crippen molar-refractivity contribution in [2.24, 2.45) is 0 Å². The lowest BCUT2D eigenvalue weighted by atomic mass is 10.1. The van der Waals surface area contributed by atoms with Gasteiger partial charge in [-0.1, -0.05) is 19.3 Å². The molecule has 0 aromatic rings. The maximum atomic E-state index is 11.3. The number of ether oxygens (including phenoxy) is 1. The molecule has 0 aromatic carbocycles. The molecule has 0 aliphatic heterocycles. The molecule has 0 unspecified atom stereocenters. The third-order valence-corrected chi connectivity index (χ3v) is 2.28. The highest BCUT2D eigenvalue weighted by Crippen LogP contribution is 2.11. The van der Waals surface area contributed by atoms with Gasteiger partial charge in [0.1, 0.15) is 5.60 Å². The molecule has 0 aromatic heterocycles. The third kappa shape index (κ3) is 11.7. The molecule has 2 nitrogen and oxygen atoms in total. The van der Waals surface area contributed by atoms with Gasteiger partial charge in [0.05, 0.1) is 0 Å². The largest absolute Gasteiger partial charge is 0.460 e. The number of esters is 1. The smallest absolute Gasteiger partial charge is 0.306 e. The molecule has 0 amide bonds. The van der Waals surface area contributed by atoms with E-state index in [1.807, 2.05) is 20.8 Å².